The predicted molar refractivity (Wildman–Crippen MR) is 88.8 cm³/mol. The topological polar surface area (TPSA) is 105 Å². The molecule has 3 rings (SSSR count). The Morgan fingerprint density at radius 3 is 2.43 bits per heavy atom. The molecule has 2 aromatic rings. The van der Waals surface area contributed by atoms with Crippen molar-refractivity contribution in [2.24, 2.45) is 5.73 Å². The number of aliphatic carboxylic acids is 1. The molecule has 0 bridgehead atoms. The maximum atomic E-state index is 13.6. The second kappa shape index (κ2) is 8.13. The van der Waals surface area contributed by atoms with Gasteiger partial charge in [-0.05, 0) is 26.0 Å². The highest BCUT2D eigenvalue weighted by Crippen LogP contribution is 2.22. The van der Waals surface area contributed by atoms with E-state index in [9.17, 15) is 22.4 Å². The van der Waals surface area contributed by atoms with Crippen molar-refractivity contribution in [3.05, 3.63) is 29.7 Å². The zero-order valence-electron chi connectivity index (χ0n) is 15.2. The first-order chi connectivity index (χ1) is 12.9. The zero-order valence-corrected chi connectivity index (χ0v) is 15.2. The van der Waals surface area contributed by atoms with Crippen molar-refractivity contribution in [1.82, 2.24) is 9.78 Å². The zero-order chi connectivity index (χ0) is 21.2. The minimum absolute atomic E-state index is 0.148. The van der Waals surface area contributed by atoms with Crippen molar-refractivity contribution < 1.29 is 37.2 Å². The normalized spacial score (nSPS) is 19.5. The molecular weight excluding hydrogens is 384 g/mol. The first kappa shape index (κ1) is 21.6. The van der Waals surface area contributed by atoms with Crippen molar-refractivity contribution in [1.29, 1.82) is 0 Å². The second-order valence-electron chi connectivity index (χ2n) is 6.86. The molecule has 0 saturated carbocycles. The van der Waals surface area contributed by atoms with Crippen LogP contribution in [0.1, 0.15) is 36.7 Å². The monoisotopic (exact) mass is 404 g/mol. The summed E-state index contributed by atoms with van der Waals surface area (Å²) in [6.07, 6.45) is -2.34. The minimum Gasteiger partial charge on any atom is -0.542 e. The first-order valence-electron chi connectivity index (χ1n) is 8.51. The number of carbonyl (C=O) groups is 2. The number of primary amides is 1. The summed E-state index contributed by atoms with van der Waals surface area (Å²) in [6.45, 7) is 6.52. The molecule has 1 aromatic carbocycles. The van der Waals surface area contributed by atoms with Crippen LogP contribution in [0.15, 0.2) is 18.3 Å². The van der Waals surface area contributed by atoms with Crippen molar-refractivity contribution in [2.45, 2.75) is 38.5 Å². The first-order valence-corrected chi connectivity index (χ1v) is 8.51. The number of rotatable bonds is 3. The lowest BCUT2D eigenvalue weighted by molar-refractivity contribution is -0.910. The van der Waals surface area contributed by atoms with Gasteiger partial charge in [0.05, 0.1) is 18.2 Å². The Balaban J connectivity index is 0.000000345. The molecule has 0 aliphatic carbocycles. The van der Waals surface area contributed by atoms with Crippen LogP contribution in [0.25, 0.3) is 10.9 Å². The molecule has 1 aromatic heterocycles. The smallest absolute Gasteiger partial charge is 0.430 e. The molecular formula is C17H20F4N4O3. The van der Waals surface area contributed by atoms with E-state index in [-0.39, 0.29) is 5.56 Å². The summed E-state index contributed by atoms with van der Waals surface area (Å²) in [5.74, 6) is -4.12. The van der Waals surface area contributed by atoms with Crippen LogP contribution in [0.3, 0.4) is 0 Å². The molecule has 1 amide bonds. The molecule has 1 fully saturated rings. The van der Waals surface area contributed by atoms with Crippen LogP contribution < -0.4 is 15.7 Å². The third kappa shape index (κ3) is 4.97. The number of hydrogen-bond donors (Lipinski definition) is 2. The lowest BCUT2D eigenvalue weighted by atomic mass is 10.1. The maximum absolute atomic E-state index is 13.6. The quantitative estimate of drug-likeness (QED) is 0.692. The van der Waals surface area contributed by atoms with Gasteiger partial charge in [-0.1, -0.05) is 0 Å². The number of benzene rings is 1. The summed E-state index contributed by atoms with van der Waals surface area (Å²) in [5.41, 5.74) is 5.95. The molecule has 0 radical (unpaired) electrons. The molecule has 1 saturated heterocycles. The van der Waals surface area contributed by atoms with Gasteiger partial charge in [-0.2, -0.15) is 18.3 Å². The molecule has 2 heterocycles. The van der Waals surface area contributed by atoms with Crippen LogP contribution in [-0.2, 0) is 4.79 Å². The van der Waals surface area contributed by atoms with E-state index in [2.05, 4.69) is 18.9 Å². The Morgan fingerprint density at radius 1 is 1.36 bits per heavy atom. The Bertz CT molecular complexity index is 879. The van der Waals surface area contributed by atoms with Gasteiger partial charge in [-0.3, -0.25) is 9.48 Å². The number of carbonyl (C=O) groups excluding carboxylic acids is 2. The van der Waals surface area contributed by atoms with Crippen LogP contribution in [0.4, 0.5) is 17.6 Å². The fourth-order valence-corrected chi connectivity index (χ4v) is 3.10. The fourth-order valence-electron chi connectivity index (χ4n) is 3.10. The number of nitrogens with one attached hydrogen (secondary N) is 1. The SMILES string of the molecule is CC(C)[NH+]1CCC(n2cc3cc(F)cc(C(N)=O)c3n2)C1.O=C([O-])C(F)(F)F. The molecule has 2 atom stereocenters. The molecule has 3 N–H and O–H groups in total. The van der Waals surface area contributed by atoms with E-state index in [1.54, 1.807) is 4.90 Å². The molecule has 1 aliphatic heterocycles. The Morgan fingerprint density at radius 2 is 1.96 bits per heavy atom. The molecule has 0 spiro atoms. The van der Waals surface area contributed by atoms with Crippen LogP contribution in [-0.4, -0.2) is 47.0 Å². The summed E-state index contributed by atoms with van der Waals surface area (Å²) < 4.78 is 47.0. The van der Waals surface area contributed by atoms with Gasteiger partial charge in [0, 0.05) is 18.0 Å². The van der Waals surface area contributed by atoms with Gasteiger partial charge in [0.15, 0.2) is 0 Å². The van der Waals surface area contributed by atoms with E-state index in [0.717, 1.165) is 25.6 Å². The molecule has 7 nitrogen and oxygen atoms in total. The van der Waals surface area contributed by atoms with Gasteiger partial charge in [-0.15, -0.1) is 0 Å². The number of alkyl halides is 3. The Kier molecular flexibility index (Phi) is 6.27. The predicted octanol–water partition coefficient (Wildman–Crippen LogP) is -0.189. The molecule has 28 heavy (non-hydrogen) atoms. The van der Waals surface area contributed by atoms with E-state index in [4.69, 9.17) is 15.6 Å². The van der Waals surface area contributed by atoms with E-state index in [1.807, 2.05) is 10.9 Å². The Hall–Kier alpha value is -2.69. The largest absolute Gasteiger partial charge is 0.542 e. The summed E-state index contributed by atoms with van der Waals surface area (Å²) in [7, 11) is 0. The number of amides is 1. The van der Waals surface area contributed by atoms with Crippen LogP contribution in [0.2, 0.25) is 0 Å². The summed E-state index contributed by atoms with van der Waals surface area (Å²) in [6, 6.07) is 3.42. The summed E-state index contributed by atoms with van der Waals surface area (Å²) >= 11 is 0. The van der Waals surface area contributed by atoms with Gasteiger partial charge in [0.25, 0.3) is 5.91 Å². The number of halogens is 4. The van der Waals surface area contributed by atoms with Gasteiger partial charge in [0.2, 0.25) is 0 Å². The average molecular weight is 404 g/mol. The number of fused-ring (bicyclic) bond motifs is 1. The highest BCUT2D eigenvalue weighted by Gasteiger charge is 2.30. The summed E-state index contributed by atoms with van der Waals surface area (Å²) in [4.78, 5) is 21.8. The highest BCUT2D eigenvalue weighted by molar-refractivity contribution is 6.04. The minimum atomic E-state index is -5.19. The number of likely N-dealkylation sites (tertiary alicyclic amines) is 1. The van der Waals surface area contributed by atoms with Crippen molar-refractivity contribution in [3.8, 4) is 0 Å². The van der Waals surface area contributed by atoms with Crippen LogP contribution >= 0.6 is 0 Å². The lowest BCUT2D eigenvalue weighted by Crippen LogP contribution is -3.13. The molecule has 154 valence electrons. The number of nitrogens with zero attached hydrogens (tertiary/aromatic N) is 2. The number of carboxylic acid groups (broad SMARTS) is 1. The number of carboxylic acids is 1. The summed E-state index contributed by atoms with van der Waals surface area (Å²) in [5, 5.41) is 13.9. The number of quaternary nitrogens is 1. The van der Waals surface area contributed by atoms with Gasteiger partial charge < -0.3 is 20.5 Å². The van der Waals surface area contributed by atoms with Crippen LogP contribution in [0.5, 0.6) is 0 Å². The van der Waals surface area contributed by atoms with E-state index >= 15 is 0 Å². The Labute approximate surface area is 157 Å². The molecule has 2 unspecified atom stereocenters. The van der Waals surface area contributed by atoms with Crippen molar-refractivity contribution in [3.63, 3.8) is 0 Å². The number of aromatic nitrogens is 2. The van der Waals surface area contributed by atoms with Gasteiger partial charge in [0.1, 0.15) is 29.9 Å². The second-order valence-corrected chi connectivity index (χ2v) is 6.86. The lowest BCUT2D eigenvalue weighted by Gasteiger charge is -2.17. The van der Waals surface area contributed by atoms with Crippen molar-refractivity contribution >= 4 is 22.8 Å². The van der Waals surface area contributed by atoms with E-state index < -0.39 is 23.9 Å². The third-order valence-electron chi connectivity index (χ3n) is 4.58. The van der Waals surface area contributed by atoms with E-state index in [0.29, 0.717) is 23.0 Å². The van der Waals surface area contributed by atoms with Crippen LogP contribution in [0, 0.1) is 5.82 Å². The maximum Gasteiger partial charge on any atom is 0.430 e. The molecule has 11 heteroatoms. The molecule has 1 aliphatic rings. The third-order valence-corrected chi connectivity index (χ3v) is 4.58. The highest BCUT2D eigenvalue weighted by atomic mass is 19.4. The fraction of sp³-hybridized carbons (Fsp3) is 0.471. The van der Waals surface area contributed by atoms with Gasteiger partial charge >= 0.3 is 6.18 Å². The standard InChI is InChI=1S/C15H19FN4O.C2HF3O2/c1-9(2)19-4-3-12(8-19)20-7-10-5-11(16)6-13(15(17)21)14(10)18-20;3-2(4,5)1(6)7/h5-7,9,12H,3-4,8H2,1-2H3,(H2,17,21);(H,6,7). The average Bonchev–Trinajstić information content (AvgIpc) is 3.19. The van der Waals surface area contributed by atoms with Crippen molar-refractivity contribution in [2.75, 3.05) is 13.1 Å². The number of nitrogens with two attached hydrogens (primary N) is 1. The van der Waals surface area contributed by atoms with Gasteiger partial charge in [-0.25, -0.2) is 4.39 Å². The van der Waals surface area contributed by atoms with E-state index in [1.165, 1.54) is 6.07 Å². The number of hydrogen-bond acceptors (Lipinski definition) is 4.